The quantitative estimate of drug-likeness (QED) is 0.663. The molecule has 150 valence electrons. The number of piperidine rings is 1. The van der Waals surface area contributed by atoms with Gasteiger partial charge in [-0.25, -0.2) is 19.3 Å². The van der Waals surface area contributed by atoms with Crippen molar-refractivity contribution in [2.75, 3.05) is 18.4 Å². The van der Waals surface area contributed by atoms with Gasteiger partial charge in [-0.2, -0.15) is 5.26 Å². The second-order valence-electron chi connectivity index (χ2n) is 6.44. The Hall–Kier alpha value is -2.63. The summed E-state index contributed by atoms with van der Waals surface area (Å²) in [6.07, 6.45) is 1.17. The first-order chi connectivity index (χ1) is 18.0. The normalized spacial score (nSPS) is 24.1. The molecule has 1 unspecified atom stereocenters. The van der Waals surface area contributed by atoms with Gasteiger partial charge >= 0.3 is 0 Å². The SMILES string of the molecule is [2H]C(c1cc(C#N)ccc1F)N1CCC([2H])(N([2H])c2ncnc3sc(C([2H])(C([2H])([2H])[2H])C([2H])([2H])[2H])nc23)CC1. The maximum absolute atomic E-state index is 14.4. The number of nitriles is 1. The molecule has 3 aromatic rings. The maximum atomic E-state index is 14.4. The van der Waals surface area contributed by atoms with E-state index in [4.69, 9.17) is 19.0 Å². The Morgan fingerprint density at radius 1 is 1.52 bits per heavy atom. The predicted octanol–water partition coefficient (Wildman–Crippen LogP) is 4.30. The van der Waals surface area contributed by atoms with Gasteiger partial charge in [0.15, 0.2) is 7.23 Å². The number of rotatable bonds is 5. The van der Waals surface area contributed by atoms with Gasteiger partial charge in [0.25, 0.3) is 0 Å². The zero-order valence-electron chi connectivity index (χ0n) is 25.2. The summed E-state index contributed by atoms with van der Waals surface area (Å²) in [5.74, 6) is -3.82. The van der Waals surface area contributed by atoms with Crippen molar-refractivity contribution in [2.45, 2.75) is 45.0 Å². The van der Waals surface area contributed by atoms with Crippen LogP contribution in [0.4, 0.5) is 10.2 Å². The molecule has 1 saturated heterocycles. The molecule has 3 heterocycles. The van der Waals surface area contributed by atoms with Crippen LogP contribution < -0.4 is 5.31 Å². The Morgan fingerprint density at radius 2 is 2.34 bits per heavy atom. The number of aromatic nitrogens is 3. The lowest BCUT2D eigenvalue weighted by atomic mass is 10.0. The molecule has 4 rings (SSSR count). The number of hydrogen-bond acceptors (Lipinski definition) is 7. The fourth-order valence-corrected chi connectivity index (χ4v) is 3.77. The van der Waals surface area contributed by atoms with Crippen LogP contribution in [0.2, 0.25) is 1.41 Å². The molecule has 1 aliphatic heterocycles. The van der Waals surface area contributed by atoms with Crippen molar-refractivity contribution in [2.24, 2.45) is 0 Å². The van der Waals surface area contributed by atoms with Crippen molar-refractivity contribution >= 4 is 27.5 Å². The van der Waals surface area contributed by atoms with Crippen molar-refractivity contribution in [3.8, 4) is 6.07 Å². The van der Waals surface area contributed by atoms with Crippen molar-refractivity contribution in [3.05, 3.63) is 46.5 Å². The van der Waals surface area contributed by atoms with Crippen molar-refractivity contribution in [1.82, 2.24) is 19.9 Å². The third-order valence-corrected chi connectivity index (χ3v) is 5.46. The van der Waals surface area contributed by atoms with Crippen LogP contribution in [-0.4, -0.2) is 39.0 Å². The smallest absolute Gasteiger partial charge is 0.162 e. The highest BCUT2D eigenvalue weighted by Gasteiger charge is 2.22. The molecule has 1 aliphatic rings. The van der Waals surface area contributed by atoms with Crippen LogP contribution in [0.1, 0.15) is 60.9 Å². The van der Waals surface area contributed by atoms with E-state index in [0.29, 0.717) is 11.3 Å². The number of nitrogens with one attached hydrogen (secondary N) is 1. The van der Waals surface area contributed by atoms with E-state index in [1.165, 1.54) is 12.1 Å². The van der Waals surface area contributed by atoms with Crippen LogP contribution in [0.5, 0.6) is 0 Å². The van der Waals surface area contributed by atoms with E-state index in [1.807, 2.05) is 6.07 Å². The fraction of sp³-hybridized carbons (Fsp3) is 0.429. The molecule has 6 nitrogen and oxygen atoms in total. The first-order valence-corrected chi connectivity index (χ1v) is 9.62. The van der Waals surface area contributed by atoms with Gasteiger partial charge in [0, 0.05) is 48.1 Å². The highest BCUT2D eigenvalue weighted by molar-refractivity contribution is 7.18. The molecule has 8 heteroatoms. The van der Waals surface area contributed by atoms with Gasteiger partial charge in [-0.3, -0.25) is 4.90 Å². The summed E-state index contributed by atoms with van der Waals surface area (Å²) >= 11 is 0.609. The lowest BCUT2D eigenvalue weighted by Crippen LogP contribution is -2.39. The minimum absolute atomic E-state index is 0.0316. The highest BCUT2D eigenvalue weighted by atomic mass is 32.1. The van der Waals surface area contributed by atoms with Gasteiger partial charge in [-0.1, -0.05) is 25.0 Å². The van der Waals surface area contributed by atoms with E-state index in [9.17, 15) is 4.39 Å². The van der Waals surface area contributed by atoms with Gasteiger partial charge < -0.3 is 5.31 Å². The first kappa shape index (κ1) is 11.0. The Balaban J connectivity index is 1.61. The summed E-state index contributed by atoms with van der Waals surface area (Å²) in [7, 11) is 0. The standard InChI is InChI=1S/C21H23FN6S/c1-13(2)20-27-18-19(24-12-25-21(18)29-20)26-16-5-7-28(8-6-16)11-15-9-14(10-23)3-4-17(15)22/h3-4,9,12-13,16H,5-8,11H2,1-2H3,(H,24,25,26)/i1D3,2D3,11D,13D,16D/hD. The Labute approximate surface area is 187 Å². The van der Waals surface area contributed by atoms with Crippen LogP contribution >= 0.6 is 11.3 Å². The third-order valence-electron chi connectivity index (χ3n) is 4.48. The van der Waals surface area contributed by atoms with Gasteiger partial charge in [0.05, 0.1) is 18.0 Å². The number of fused-ring (bicyclic) bond motifs is 1. The lowest BCUT2D eigenvalue weighted by molar-refractivity contribution is 0.209. The molecule has 1 N–H and O–H groups in total. The van der Waals surface area contributed by atoms with Crippen LogP contribution in [-0.2, 0) is 6.52 Å². The zero-order chi connectivity index (χ0) is 29.0. The molecule has 29 heavy (non-hydrogen) atoms. The first-order valence-electron chi connectivity index (χ1n) is 13.8. The van der Waals surface area contributed by atoms with E-state index in [-0.39, 0.29) is 53.2 Å². The van der Waals surface area contributed by atoms with E-state index in [1.54, 1.807) is 4.90 Å². The summed E-state index contributed by atoms with van der Waals surface area (Å²) in [4.78, 5) is 13.9. The van der Waals surface area contributed by atoms with Gasteiger partial charge in [0.1, 0.15) is 22.5 Å². The summed E-state index contributed by atoms with van der Waals surface area (Å²) < 4.78 is 95.2. The Bertz CT molecular complexity index is 1400. The van der Waals surface area contributed by atoms with Crippen molar-refractivity contribution in [3.63, 3.8) is 0 Å². The van der Waals surface area contributed by atoms with E-state index < -0.39 is 43.0 Å². The fourth-order valence-electron chi connectivity index (χ4n) is 3.01. The minimum atomic E-state index is -3.25. The second kappa shape index (κ2) is 8.39. The largest absolute Gasteiger partial charge is 0.365 e. The summed E-state index contributed by atoms with van der Waals surface area (Å²) in [5, 5.41) is 9.37. The third kappa shape index (κ3) is 4.36. The number of hydrogen-bond donors (Lipinski definition) is 1. The summed E-state index contributed by atoms with van der Waals surface area (Å²) in [6.45, 7) is -7.33. The minimum Gasteiger partial charge on any atom is -0.365 e. The van der Waals surface area contributed by atoms with E-state index in [2.05, 4.69) is 15.0 Å². The molecule has 2 aromatic heterocycles. The average Bonchev–Trinajstić information content (AvgIpc) is 3.31. The van der Waals surface area contributed by atoms with Gasteiger partial charge in [0.2, 0.25) is 0 Å². The number of halogens is 1. The number of anilines is 1. The van der Waals surface area contributed by atoms with Crippen molar-refractivity contribution in [1.29, 1.82) is 5.26 Å². The molecular formula is C21H23FN6S. The topological polar surface area (TPSA) is 77.7 Å². The molecule has 0 radical (unpaired) electrons. The number of thiazole rings is 1. The molecule has 0 spiro atoms. The Kier molecular flexibility index (Phi) is 3.17. The molecule has 1 atom stereocenters. The summed E-state index contributed by atoms with van der Waals surface area (Å²) in [6, 6.07) is 4.12. The van der Waals surface area contributed by atoms with Crippen LogP contribution in [0.25, 0.3) is 10.3 Å². The molecule has 1 fully saturated rings. The zero-order valence-corrected chi connectivity index (χ0v) is 16.0. The lowest BCUT2D eigenvalue weighted by Gasteiger charge is -2.32. The predicted molar refractivity (Wildman–Crippen MR) is 112 cm³/mol. The van der Waals surface area contributed by atoms with Crippen LogP contribution in [0, 0.1) is 17.1 Å². The number of nitrogens with zero attached hydrogens (tertiary/aromatic N) is 5. The van der Waals surface area contributed by atoms with E-state index >= 15 is 0 Å². The van der Waals surface area contributed by atoms with Crippen LogP contribution in [0.3, 0.4) is 0 Å². The van der Waals surface area contributed by atoms with E-state index in [0.717, 1.165) is 17.7 Å². The molecular weight excluding hydrogens is 387 g/mol. The molecule has 0 saturated carbocycles. The summed E-state index contributed by atoms with van der Waals surface area (Å²) in [5.41, 5.74) is 0.154. The monoisotopic (exact) mass is 420 g/mol. The van der Waals surface area contributed by atoms with Gasteiger partial charge in [-0.15, -0.1) is 0 Å². The maximum Gasteiger partial charge on any atom is 0.162 e. The number of likely N-dealkylation sites (tertiary alicyclic amines) is 1. The second-order valence-corrected chi connectivity index (χ2v) is 7.41. The van der Waals surface area contributed by atoms with Gasteiger partial charge in [-0.05, 0) is 31.0 Å². The van der Waals surface area contributed by atoms with Crippen LogP contribution in [0.15, 0.2) is 24.5 Å². The molecule has 0 aliphatic carbocycles. The van der Waals surface area contributed by atoms with Crippen molar-refractivity contribution < 1.29 is 18.1 Å². The molecule has 1 aromatic carbocycles. The molecule has 0 bridgehead atoms. The Morgan fingerprint density at radius 3 is 3.10 bits per heavy atom. The average molecular weight is 421 g/mol. The highest BCUT2D eigenvalue weighted by Crippen LogP contribution is 2.30. The number of benzene rings is 1. The molecule has 0 amide bonds.